The molecule has 0 saturated carbocycles. The second kappa shape index (κ2) is 10.7. The fourth-order valence-electron chi connectivity index (χ4n) is 2.05. The van der Waals surface area contributed by atoms with E-state index < -0.39 is 16.9 Å². The largest absolute Gasteiger partial charge is 0.354 e. The Morgan fingerprint density at radius 1 is 1.36 bits per heavy atom. The number of nitro groups is 1. The van der Waals surface area contributed by atoms with Crippen molar-refractivity contribution in [2.45, 2.75) is 31.8 Å². The number of non-ortho nitro benzene ring substituents is 1. The molecule has 0 spiro atoms. The molecular weight excluding hydrogens is 344 g/mol. The molecule has 9 heteroatoms. The van der Waals surface area contributed by atoms with E-state index in [2.05, 4.69) is 10.6 Å². The topological polar surface area (TPSA) is 127 Å². The molecule has 0 fully saturated rings. The van der Waals surface area contributed by atoms with Crippen molar-refractivity contribution < 1.29 is 14.5 Å². The Bertz CT molecular complexity index is 610. The highest BCUT2D eigenvalue weighted by Gasteiger charge is 2.21. The van der Waals surface area contributed by atoms with Gasteiger partial charge < -0.3 is 16.4 Å². The molecule has 0 bridgehead atoms. The Balaban J connectivity index is 2.75. The number of nitrogens with zero attached hydrogens (tertiary/aromatic N) is 1. The summed E-state index contributed by atoms with van der Waals surface area (Å²) in [6, 6.07) is 4.68. The van der Waals surface area contributed by atoms with Crippen LogP contribution in [0.25, 0.3) is 0 Å². The van der Waals surface area contributed by atoms with Crippen molar-refractivity contribution in [3.05, 3.63) is 39.9 Å². The van der Waals surface area contributed by atoms with Crippen LogP contribution in [0, 0.1) is 10.1 Å². The second-order valence-electron chi connectivity index (χ2n) is 5.67. The van der Waals surface area contributed by atoms with Crippen molar-refractivity contribution in [2.75, 3.05) is 18.6 Å². The average molecular weight is 368 g/mol. The van der Waals surface area contributed by atoms with Gasteiger partial charge in [0.05, 0.1) is 4.92 Å². The molecule has 2 amide bonds. The van der Waals surface area contributed by atoms with E-state index in [1.807, 2.05) is 13.2 Å². The molecule has 8 nitrogen and oxygen atoms in total. The van der Waals surface area contributed by atoms with E-state index in [1.54, 1.807) is 11.8 Å². The molecule has 0 radical (unpaired) electrons. The van der Waals surface area contributed by atoms with Crippen LogP contribution in [0.5, 0.6) is 0 Å². The summed E-state index contributed by atoms with van der Waals surface area (Å²) in [4.78, 5) is 34.9. The molecule has 0 aliphatic heterocycles. The van der Waals surface area contributed by atoms with Crippen molar-refractivity contribution in [1.29, 1.82) is 0 Å². The Labute approximate surface area is 151 Å². The maximum absolute atomic E-state index is 12.3. The molecule has 1 aromatic carbocycles. The molecule has 1 aromatic rings. The number of carbonyl (C=O) groups is 2. The van der Waals surface area contributed by atoms with Crippen LogP contribution in [0.2, 0.25) is 0 Å². The van der Waals surface area contributed by atoms with Crippen LogP contribution in [0.15, 0.2) is 24.3 Å². The minimum absolute atomic E-state index is 0.0237. The third-order valence-corrected chi connectivity index (χ3v) is 4.09. The number of nitrogens with one attached hydrogen (secondary N) is 2. The van der Waals surface area contributed by atoms with Crippen LogP contribution < -0.4 is 16.4 Å². The van der Waals surface area contributed by atoms with E-state index >= 15 is 0 Å². The summed E-state index contributed by atoms with van der Waals surface area (Å²) in [5, 5.41) is 16.2. The van der Waals surface area contributed by atoms with E-state index in [0.717, 1.165) is 0 Å². The van der Waals surface area contributed by atoms with Gasteiger partial charge in [-0.2, -0.15) is 11.8 Å². The molecule has 0 aromatic heterocycles. The Morgan fingerprint density at radius 3 is 2.68 bits per heavy atom. The predicted molar refractivity (Wildman–Crippen MR) is 98.6 cm³/mol. The normalized spacial score (nSPS) is 12.9. The van der Waals surface area contributed by atoms with E-state index in [-0.39, 0.29) is 23.2 Å². The maximum Gasteiger partial charge on any atom is 0.270 e. The van der Waals surface area contributed by atoms with Crippen LogP contribution in [0.1, 0.15) is 30.1 Å². The molecule has 2 unspecified atom stereocenters. The lowest BCUT2D eigenvalue weighted by Crippen LogP contribution is -2.47. The number of nitrogens with two attached hydrogens (primary N) is 1. The molecule has 0 aliphatic rings. The monoisotopic (exact) mass is 368 g/mol. The second-order valence-corrected chi connectivity index (χ2v) is 6.66. The SMILES string of the molecule is CSCCC(NC(=O)c1cccc([N+](=O)[O-])c1)C(=O)NCCC(C)N. The summed E-state index contributed by atoms with van der Waals surface area (Å²) >= 11 is 1.56. The van der Waals surface area contributed by atoms with Gasteiger partial charge in [0.15, 0.2) is 0 Å². The first-order valence-corrected chi connectivity index (χ1v) is 9.32. The number of hydrogen-bond donors (Lipinski definition) is 3. The minimum Gasteiger partial charge on any atom is -0.354 e. The number of amides is 2. The van der Waals surface area contributed by atoms with Gasteiger partial charge in [-0.05, 0) is 37.8 Å². The molecule has 138 valence electrons. The number of rotatable bonds is 10. The predicted octanol–water partition coefficient (Wildman–Crippen LogP) is 1.30. The van der Waals surface area contributed by atoms with E-state index in [1.165, 1.54) is 24.3 Å². The number of thioether (sulfide) groups is 1. The smallest absolute Gasteiger partial charge is 0.270 e. The van der Waals surface area contributed by atoms with Crippen LogP contribution in [0.3, 0.4) is 0 Å². The molecule has 1 rings (SSSR count). The quantitative estimate of drug-likeness (QED) is 0.422. The Kier molecular flexibility index (Phi) is 8.93. The maximum atomic E-state index is 12.3. The summed E-state index contributed by atoms with van der Waals surface area (Å²) in [5.41, 5.74) is 5.62. The van der Waals surface area contributed by atoms with Crippen LogP contribution >= 0.6 is 11.8 Å². The van der Waals surface area contributed by atoms with E-state index in [9.17, 15) is 19.7 Å². The van der Waals surface area contributed by atoms with Crippen molar-refractivity contribution >= 4 is 29.3 Å². The summed E-state index contributed by atoms with van der Waals surface area (Å²) in [6.07, 6.45) is 3.01. The highest BCUT2D eigenvalue weighted by molar-refractivity contribution is 7.98. The van der Waals surface area contributed by atoms with E-state index in [4.69, 9.17) is 5.73 Å². The van der Waals surface area contributed by atoms with Crippen molar-refractivity contribution in [1.82, 2.24) is 10.6 Å². The highest BCUT2D eigenvalue weighted by Crippen LogP contribution is 2.13. The summed E-state index contributed by atoms with van der Waals surface area (Å²) in [6.45, 7) is 2.28. The first-order valence-electron chi connectivity index (χ1n) is 7.92. The number of benzene rings is 1. The van der Waals surface area contributed by atoms with Crippen LogP contribution in [0.4, 0.5) is 5.69 Å². The van der Waals surface area contributed by atoms with Crippen molar-refractivity contribution in [3.8, 4) is 0 Å². The van der Waals surface area contributed by atoms with Gasteiger partial charge in [0.25, 0.3) is 11.6 Å². The third-order valence-electron chi connectivity index (χ3n) is 3.45. The third kappa shape index (κ3) is 7.53. The lowest BCUT2D eigenvalue weighted by Gasteiger charge is -2.18. The Hall–Kier alpha value is -2.13. The van der Waals surface area contributed by atoms with Gasteiger partial charge in [-0.1, -0.05) is 6.07 Å². The lowest BCUT2D eigenvalue weighted by atomic mass is 10.1. The molecule has 25 heavy (non-hydrogen) atoms. The number of hydrogen-bond acceptors (Lipinski definition) is 6. The zero-order valence-electron chi connectivity index (χ0n) is 14.4. The Morgan fingerprint density at radius 2 is 2.08 bits per heavy atom. The molecule has 0 heterocycles. The minimum atomic E-state index is -0.702. The van der Waals surface area contributed by atoms with Crippen LogP contribution in [-0.4, -0.2) is 47.4 Å². The molecule has 4 N–H and O–H groups in total. The van der Waals surface area contributed by atoms with Gasteiger partial charge >= 0.3 is 0 Å². The number of nitro benzene ring substituents is 1. The number of carbonyl (C=O) groups excluding carboxylic acids is 2. The fraction of sp³-hybridized carbons (Fsp3) is 0.500. The van der Waals surface area contributed by atoms with Gasteiger partial charge in [-0.15, -0.1) is 0 Å². The summed E-state index contributed by atoms with van der Waals surface area (Å²) in [7, 11) is 0. The van der Waals surface area contributed by atoms with Crippen molar-refractivity contribution in [2.24, 2.45) is 5.73 Å². The van der Waals surface area contributed by atoms with Crippen molar-refractivity contribution in [3.63, 3.8) is 0 Å². The first-order chi connectivity index (χ1) is 11.8. The van der Waals surface area contributed by atoms with Gasteiger partial charge in [0.2, 0.25) is 5.91 Å². The zero-order chi connectivity index (χ0) is 18.8. The van der Waals surface area contributed by atoms with Gasteiger partial charge in [0.1, 0.15) is 6.04 Å². The van der Waals surface area contributed by atoms with Gasteiger partial charge in [-0.25, -0.2) is 0 Å². The van der Waals surface area contributed by atoms with Gasteiger partial charge in [-0.3, -0.25) is 19.7 Å². The average Bonchev–Trinajstić information content (AvgIpc) is 2.57. The lowest BCUT2D eigenvalue weighted by molar-refractivity contribution is -0.384. The summed E-state index contributed by atoms with van der Waals surface area (Å²) < 4.78 is 0. The van der Waals surface area contributed by atoms with E-state index in [0.29, 0.717) is 25.1 Å². The zero-order valence-corrected chi connectivity index (χ0v) is 15.2. The molecule has 0 aliphatic carbocycles. The molecule has 2 atom stereocenters. The molecular formula is C16H24N4O4S. The standard InChI is InChI=1S/C16H24N4O4S/c1-11(17)6-8-18-16(22)14(7-9-25-2)19-15(21)12-4-3-5-13(10-12)20(23)24/h3-5,10-11,14H,6-9,17H2,1-2H3,(H,18,22)(H,19,21). The van der Waals surface area contributed by atoms with Crippen LogP contribution in [-0.2, 0) is 4.79 Å². The first kappa shape index (κ1) is 20.9. The fourth-order valence-corrected chi connectivity index (χ4v) is 2.52. The van der Waals surface area contributed by atoms with Gasteiger partial charge in [0, 0.05) is 30.3 Å². The highest BCUT2D eigenvalue weighted by atomic mass is 32.2. The molecule has 0 saturated heterocycles. The summed E-state index contributed by atoms with van der Waals surface area (Å²) in [5.74, 6) is -0.105.